The molecule has 0 bridgehead atoms. The third-order valence-corrected chi connectivity index (χ3v) is 3.61. The van der Waals surface area contributed by atoms with Crippen LogP contribution in [-0.2, 0) is 10.3 Å². The SMILES string of the molecule is COc1c(Cl)cc(C2(N=C=O)CC2)c(C)c1OC. The molecule has 0 heterocycles. The molecule has 0 radical (unpaired) electrons. The third kappa shape index (κ3) is 1.88. The molecule has 0 saturated heterocycles. The number of hydrogen-bond donors (Lipinski definition) is 0. The second-order valence-corrected chi connectivity index (χ2v) is 4.74. The fourth-order valence-corrected chi connectivity index (χ4v) is 2.54. The van der Waals surface area contributed by atoms with Crippen LogP contribution in [0.5, 0.6) is 11.5 Å². The summed E-state index contributed by atoms with van der Waals surface area (Å²) in [7, 11) is 3.10. The summed E-state index contributed by atoms with van der Waals surface area (Å²) in [4.78, 5) is 14.4. The molecule has 1 aromatic carbocycles. The van der Waals surface area contributed by atoms with Crippen LogP contribution in [0.2, 0.25) is 5.02 Å². The molecule has 18 heavy (non-hydrogen) atoms. The minimum absolute atomic E-state index is 0.460. The Balaban J connectivity index is 2.64. The van der Waals surface area contributed by atoms with Gasteiger partial charge >= 0.3 is 0 Å². The van der Waals surface area contributed by atoms with Gasteiger partial charge in [-0.05, 0) is 31.4 Å². The number of ether oxygens (including phenoxy) is 2. The maximum Gasteiger partial charge on any atom is 0.235 e. The third-order valence-electron chi connectivity index (χ3n) is 3.33. The molecule has 0 aliphatic heterocycles. The quantitative estimate of drug-likeness (QED) is 0.622. The van der Waals surface area contributed by atoms with Crippen molar-refractivity contribution in [1.29, 1.82) is 0 Å². The Morgan fingerprint density at radius 3 is 2.39 bits per heavy atom. The highest BCUT2D eigenvalue weighted by Crippen LogP contribution is 2.54. The predicted molar refractivity (Wildman–Crippen MR) is 68.3 cm³/mol. The van der Waals surface area contributed by atoms with Crippen molar-refractivity contribution in [2.24, 2.45) is 4.99 Å². The van der Waals surface area contributed by atoms with Crippen molar-refractivity contribution in [2.75, 3.05) is 14.2 Å². The molecule has 0 amide bonds. The minimum atomic E-state index is -0.463. The summed E-state index contributed by atoms with van der Waals surface area (Å²) in [5.74, 6) is 1.10. The molecule has 0 N–H and O–H groups in total. The van der Waals surface area contributed by atoms with Gasteiger partial charge in [0.15, 0.2) is 11.5 Å². The minimum Gasteiger partial charge on any atom is -0.493 e. The number of halogens is 1. The first-order valence-corrected chi connectivity index (χ1v) is 5.98. The van der Waals surface area contributed by atoms with E-state index < -0.39 is 5.54 Å². The summed E-state index contributed by atoms with van der Waals surface area (Å²) < 4.78 is 10.6. The number of isocyanates is 1. The van der Waals surface area contributed by atoms with Crippen molar-refractivity contribution in [3.63, 3.8) is 0 Å². The van der Waals surface area contributed by atoms with Crippen molar-refractivity contribution in [2.45, 2.75) is 25.3 Å². The van der Waals surface area contributed by atoms with Crippen LogP contribution < -0.4 is 9.47 Å². The zero-order chi connectivity index (χ0) is 13.3. The Hall–Kier alpha value is -1.51. The highest BCUT2D eigenvalue weighted by atomic mass is 35.5. The largest absolute Gasteiger partial charge is 0.493 e. The highest BCUT2D eigenvalue weighted by Gasteiger charge is 2.46. The first-order chi connectivity index (χ1) is 8.59. The van der Waals surface area contributed by atoms with E-state index in [1.807, 2.05) is 6.92 Å². The molecule has 1 saturated carbocycles. The summed E-state index contributed by atoms with van der Waals surface area (Å²) in [6.45, 7) is 1.91. The predicted octanol–water partition coefficient (Wildman–Crippen LogP) is 2.99. The lowest BCUT2D eigenvalue weighted by atomic mass is 9.98. The van der Waals surface area contributed by atoms with Crippen LogP contribution >= 0.6 is 11.6 Å². The van der Waals surface area contributed by atoms with Crippen molar-refractivity contribution < 1.29 is 14.3 Å². The molecular weight excluding hydrogens is 254 g/mol. The van der Waals surface area contributed by atoms with Gasteiger partial charge in [0, 0.05) is 5.56 Å². The topological polar surface area (TPSA) is 47.9 Å². The molecule has 1 fully saturated rings. The molecule has 5 heteroatoms. The Kier molecular flexibility index (Phi) is 3.33. The molecule has 1 aromatic rings. The number of aliphatic imine (C=N–C) groups is 1. The van der Waals surface area contributed by atoms with E-state index in [9.17, 15) is 4.79 Å². The Bertz CT molecular complexity index is 532. The van der Waals surface area contributed by atoms with Crippen LogP contribution in [0.15, 0.2) is 11.1 Å². The monoisotopic (exact) mass is 267 g/mol. The van der Waals surface area contributed by atoms with Crippen LogP contribution in [0.4, 0.5) is 0 Å². The van der Waals surface area contributed by atoms with Crippen molar-refractivity contribution in [3.8, 4) is 11.5 Å². The standard InChI is InChI=1S/C13H14ClNO3/c1-8-9(13(4-5-13)15-7-16)6-10(14)12(18-3)11(8)17-2/h6H,4-5H2,1-3H3. The molecular formula is C13H14ClNO3. The summed E-state index contributed by atoms with van der Waals surface area (Å²) in [5.41, 5.74) is 1.35. The molecule has 1 aliphatic rings. The van der Waals surface area contributed by atoms with Gasteiger partial charge in [0.25, 0.3) is 0 Å². The molecule has 1 aliphatic carbocycles. The van der Waals surface area contributed by atoms with Gasteiger partial charge in [0.1, 0.15) is 0 Å². The fraction of sp³-hybridized carbons (Fsp3) is 0.462. The second-order valence-electron chi connectivity index (χ2n) is 4.33. The Labute approximate surface area is 111 Å². The van der Waals surface area contributed by atoms with Gasteiger partial charge in [-0.1, -0.05) is 11.6 Å². The highest BCUT2D eigenvalue weighted by molar-refractivity contribution is 6.32. The number of hydrogen-bond acceptors (Lipinski definition) is 4. The fourth-order valence-electron chi connectivity index (χ4n) is 2.27. The summed E-state index contributed by atoms with van der Waals surface area (Å²) in [6.07, 6.45) is 3.30. The molecule has 2 rings (SSSR count). The number of rotatable bonds is 4. The van der Waals surface area contributed by atoms with Crippen LogP contribution in [0.3, 0.4) is 0 Å². The van der Waals surface area contributed by atoms with Crippen molar-refractivity contribution >= 4 is 17.7 Å². The van der Waals surface area contributed by atoms with Crippen LogP contribution in [-0.4, -0.2) is 20.3 Å². The second kappa shape index (κ2) is 4.63. The molecule has 4 nitrogen and oxygen atoms in total. The van der Waals surface area contributed by atoms with Crippen molar-refractivity contribution in [3.05, 3.63) is 22.2 Å². The van der Waals surface area contributed by atoms with Gasteiger partial charge in [-0.15, -0.1) is 0 Å². The van der Waals surface area contributed by atoms with Gasteiger partial charge in [0.2, 0.25) is 6.08 Å². The van der Waals surface area contributed by atoms with Crippen LogP contribution in [0.1, 0.15) is 24.0 Å². The lowest BCUT2D eigenvalue weighted by Gasteiger charge is -2.18. The van der Waals surface area contributed by atoms with Gasteiger partial charge in [-0.2, -0.15) is 4.99 Å². The van der Waals surface area contributed by atoms with E-state index in [1.165, 1.54) is 0 Å². The zero-order valence-corrected chi connectivity index (χ0v) is 11.3. The Morgan fingerprint density at radius 1 is 1.33 bits per heavy atom. The lowest BCUT2D eigenvalue weighted by molar-refractivity contribution is 0.352. The first kappa shape index (κ1) is 12.9. The molecule has 96 valence electrons. The van der Waals surface area contributed by atoms with Gasteiger partial charge < -0.3 is 9.47 Å². The smallest absolute Gasteiger partial charge is 0.235 e. The van der Waals surface area contributed by atoms with Crippen LogP contribution in [0, 0.1) is 6.92 Å². The van der Waals surface area contributed by atoms with Gasteiger partial charge in [0.05, 0.1) is 24.8 Å². The van der Waals surface area contributed by atoms with E-state index in [0.29, 0.717) is 16.5 Å². The van der Waals surface area contributed by atoms with E-state index >= 15 is 0 Å². The molecule has 0 spiro atoms. The van der Waals surface area contributed by atoms with E-state index in [4.69, 9.17) is 21.1 Å². The van der Waals surface area contributed by atoms with Gasteiger partial charge in [-0.3, -0.25) is 0 Å². The van der Waals surface area contributed by atoms with E-state index in [1.54, 1.807) is 26.4 Å². The average molecular weight is 268 g/mol. The number of methoxy groups -OCH3 is 2. The van der Waals surface area contributed by atoms with E-state index in [2.05, 4.69) is 4.99 Å². The van der Waals surface area contributed by atoms with E-state index in [-0.39, 0.29) is 0 Å². The normalized spacial score (nSPS) is 15.8. The average Bonchev–Trinajstić information content (AvgIpc) is 3.12. The van der Waals surface area contributed by atoms with Crippen molar-refractivity contribution in [1.82, 2.24) is 0 Å². The lowest BCUT2D eigenvalue weighted by Crippen LogP contribution is -2.07. The molecule has 0 unspecified atom stereocenters. The maximum atomic E-state index is 10.5. The zero-order valence-electron chi connectivity index (χ0n) is 10.5. The van der Waals surface area contributed by atoms with Gasteiger partial charge in [-0.25, -0.2) is 4.79 Å². The maximum absolute atomic E-state index is 10.5. The summed E-state index contributed by atoms with van der Waals surface area (Å²) in [5, 5.41) is 0.460. The first-order valence-electron chi connectivity index (χ1n) is 5.60. The summed E-state index contributed by atoms with van der Waals surface area (Å²) >= 11 is 6.17. The number of benzene rings is 1. The molecule has 0 atom stereocenters. The summed E-state index contributed by atoms with van der Waals surface area (Å²) in [6, 6.07) is 1.80. The Morgan fingerprint density at radius 2 is 1.94 bits per heavy atom. The van der Waals surface area contributed by atoms with Crippen LogP contribution in [0.25, 0.3) is 0 Å². The molecule has 0 aromatic heterocycles. The number of carbonyl (C=O) groups excluding carboxylic acids is 1. The van der Waals surface area contributed by atoms with E-state index in [0.717, 1.165) is 24.0 Å². The number of nitrogens with zero attached hydrogens (tertiary/aromatic N) is 1.